The molecule has 110 valence electrons. The zero-order valence-corrected chi connectivity index (χ0v) is 12.1. The van der Waals surface area contributed by atoms with Gasteiger partial charge in [0, 0.05) is 11.8 Å². The standard InChI is InChI=1S/C16H18N2O3/c1-20-13-5-3-4-11(8-13)9-16(19)18-12-6-7-14(17)15(10-12)21-2/h3-8,10H,9,17H2,1-2H3,(H,18,19). The van der Waals surface area contributed by atoms with E-state index in [0.29, 0.717) is 17.1 Å². The molecule has 0 spiro atoms. The molecule has 0 aliphatic heterocycles. The summed E-state index contributed by atoms with van der Waals surface area (Å²) in [5.74, 6) is 1.15. The van der Waals surface area contributed by atoms with E-state index in [4.69, 9.17) is 15.2 Å². The number of nitrogens with two attached hydrogens (primary N) is 1. The highest BCUT2D eigenvalue weighted by molar-refractivity contribution is 5.92. The molecular weight excluding hydrogens is 268 g/mol. The number of nitrogen functional groups attached to an aromatic ring is 1. The first-order valence-electron chi connectivity index (χ1n) is 6.48. The number of ether oxygens (including phenoxy) is 2. The van der Waals surface area contributed by atoms with Crippen molar-refractivity contribution in [1.29, 1.82) is 0 Å². The van der Waals surface area contributed by atoms with Gasteiger partial charge in [0.05, 0.1) is 26.3 Å². The Morgan fingerprint density at radius 2 is 1.95 bits per heavy atom. The van der Waals surface area contributed by atoms with Gasteiger partial charge in [-0.2, -0.15) is 0 Å². The number of carbonyl (C=O) groups excluding carboxylic acids is 1. The molecule has 0 aliphatic carbocycles. The lowest BCUT2D eigenvalue weighted by Crippen LogP contribution is -2.14. The van der Waals surface area contributed by atoms with Gasteiger partial charge in [0.25, 0.3) is 0 Å². The van der Waals surface area contributed by atoms with E-state index in [1.165, 1.54) is 7.11 Å². The lowest BCUT2D eigenvalue weighted by atomic mass is 10.1. The van der Waals surface area contributed by atoms with Crippen molar-refractivity contribution in [3.8, 4) is 11.5 Å². The van der Waals surface area contributed by atoms with Gasteiger partial charge in [-0.05, 0) is 29.8 Å². The lowest BCUT2D eigenvalue weighted by molar-refractivity contribution is -0.115. The average molecular weight is 286 g/mol. The summed E-state index contributed by atoms with van der Waals surface area (Å²) in [6, 6.07) is 12.5. The zero-order chi connectivity index (χ0) is 15.2. The Balaban J connectivity index is 2.04. The van der Waals surface area contributed by atoms with Crippen molar-refractivity contribution >= 4 is 17.3 Å². The second-order valence-electron chi connectivity index (χ2n) is 4.53. The smallest absolute Gasteiger partial charge is 0.228 e. The molecule has 5 nitrogen and oxygen atoms in total. The fraction of sp³-hybridized carbons (Fsp3) is 0.188. The average Bonchev–Trinajstić information content (AvgIpc) is 2.49. The van der Waals surface area contributed by atoms with Crippen LogP contribution < -0.4 is 20.5 Å². The largest absolute Gasteiger partial charge is 0.497 e. The number of amides is 1. The van der Waals surface area contributed by atoms with Crippen LogP contribution in [0.4, 0.5) is 11.4 Å². The van der Waals surface area contributed by atoms with Crippen molar-refractivity contribution < 1.29 is 14.3 Å². The van der Waals surface area contributed by atoms with Gasteiger partial charge in [0.2, 0.25) is 5.91 Å². The first-order valence-corrected chi connectivity index (χ1v) is 6.48. The van der Waals surface area contributed by atoms with Crippen LogP contribution in [0.1, 0.15) is 5.56 Å². The van der Waals surface area contributed by atoms with Crippen LogP contribution in [0, 0.1) is 0 Å². The van der Waals surface area contributed by atoms with E-state index in [0.717, 1.165) is 11.3 Å². The van der Waals surface area contributed by atoms with Gasteiger partial charge in [0.1, 0.15) is 11.5 Å². The van der Waals surface area contributed by atoms with Gasteiger partial charge in [-0.1, -0.05) is 12.1 Å². The summed E-state index contributed by atoms with van der Waals surface area (Å²) < 4.78 is 10.3. The summed E-state index contributed by atoms with van der Waals surface area (Å²) in [6.45, 7) is 0. The maximum Gasteiger partial charge on any atom is 0.228 e. The van der Waals surface area contributed by atoms with Crippen LogP contribution in [0.15, 0.2) is 42.5 Å². The molecule has 2 aromatic rings. The van der Waals surface area contributed by atoms with Crippen LogP contribution >= 0.6 is 0 Å². The number of benzene rings is 2. The molecule has 0 aromatic heterocycles. The third-order valence-electron chi connectivity index (χ3n) is 3.02. The monoisotopic (exact) mass is 286 g/mol. The minimum Gasteiger partial charge on any atom is -0.497 e. The minimum atomic E-state index is -0.116. The predicted molar refractivity (Wildman–Crippen MR) is 82.7 cm³/mol. The number of hydrogen-bond acceptors (Lipinski definition) is 4. The van der Waals surface area contributed by atoms with Gasteiger partial charge in [-0.15, -0.1) is 0 Å². The van der Waals surface area contributed by atoms with Crippen LogP contribution in [0.3, 0.4) is 0 Å². The number of methoxy groups -OCH3 is 2. The Kier molecular flexibility index (Phi) is 4.66. The number of carbonyl (C=O) groups is 1. The van der Waals surface area contributed by atoms with E-state index in [1.54, 1.807) is 25.3 Å². The molecule has 21 heavy (non-hydrogen) atoms. The molecule has 0 saturated carbocycles. The summed E-state index contributed by atoms with van der Waals surface area (Å²) in [4.78, 5) is 12.0. The molecule has 0 radical (unpaired) electrons. The summed E-state index contributed by atoms with van der Waals surface area (Å²) in [7, 11) is 3.13. The topological polar surface area (TPSA) is 73.6 Å². The number of anilines is 2. The van der Waals surface area contributed by atoms with E-state index < -0.39 is 0 Å². The third kappa shape index (κ3) is 3.89. The van der Waals surface area contributed by atoms with E-state index in [-0.39, 0.29) is 12.3 Å². The van der Waals surface area contributed by atoms with Gasteiger partial charge >= 0.3 is 0 Å². The summed E-state index contributed by atoms with van der Waals surface area (Å²) in [6.07, 6.45) is 0.268. The first kappa shape index (κ1) is 14.7. The first-order chi connectivity index (χ1) is 10.1. The van der Waals surface area contributed by atoms with Crippen molar-refractivity contribution in [2.45, 2.75) is 6.42 Å². The molecule has 0 heterocycles. The SMILES string of the molecule is COc1cccc(CC(=O)Nc2ccc(N)c(OC)c2)c1. The normalized spacial score (nSPS) is 10.0. The van der Waals surface area contributed by atoms with Crippen LogP contribution in [-0.2, 0) is 11.2 Å². The molecule has 0 unspecified atom stereocenters. The van der Waals surface area contributed by atoms with Crippen molar-refractivity contribution in [2.24, 2.45) is 0 Å². The molecular formula is C16H18N2O3. The van der Waals surface area contributed by atoms with Gasteiger partial charge in [-0.3, -0.25) is 4.79 Å². The molecule has 0 aliphatic rings. The van der Waals surface area contributed by atoms with Crippen molar-refractivity contribution in [1.82, 2.24) is 0 Å². The molecule has 0 saturated heterocycles. The second kappa shape index (κ2) is 6.65. The van der Waals surface area contributed by atoms with Crippen molar-refractivity contribution in [2.75, 3.05) is 25.3 Å². The second-order valence-corrected chi connectivity index (χ2v) is 4.53. The summed E-state index contributed by atoms with van der Waals surface area (Å²) >= 11 is 0. The predicted octanol–water partition coefficient (Wildman–Crippen LogP) is 2.47. The molecule has 2 rings (SSSR count). The van der Waals surface area contributed by atoms with Crippen LogP contribution in [0.25, 0.3) is 0 Å². The quantitative estimate of drug-likeness (QED) is 0.828. The van der Waals surface area contributed by atoms with Crippen LogP contribution in [-0.4, -0.2) is 20.1 Å². The number of nitrogens with one attached hydrogen (secondary N) is 1. The van der Waals surface area contributed by atoms with E-state index >= 15 is 0 Å². The molecule has 3 N–H and O–H groups in total. The Labute approximate surface area is 123 Å². The molecule has 0 bridgehead atoms. The Morgan fingerprint density at radius 1 is 1.14 bits per heavy atom. The van der Waals surface area contributed by atoms with Crippen LogP contribution in [0.5, 0.6) is 11.5 Å². The minimum absolute atomic E-state index is 0.116. The molecule has 0 fully saturated rings. The van der Waals surface area contributed by atoms with E-state index in [1.807, 2.05) is 24.3 Å². The number of hydrogen-bond donors (Lipinski definition) is 2. The highest BCUT2D eigenvalue weighted by Gasteiger charge is 2.07. The van der Waals surface area contributed by atoms with E-state index in [9.17, 15) is 4.79 Å². The molecule has 1 amide bonds. The van der Waals surface area contributed by atoms with E-state index in [2.05, 4.69) is 5.32 Å². The van der Waals surface area contributed by atoms with Gasteiger partial charge in [-0.25, -0.2) is 0 Å². The summed E-state index contributed by atoms with van der Waals surface area (Å²) in [5.41, 5.74) is 7.80. The maximum absolute atomic E-state index is 12.0. The van der Waals surface area contributed by atoms with Gasteiger partial charge in [0.15, 0.2) is 0 Å². The molecule has 0 atom stereocenters. The molecule has 2 aromatic carbocycles. The molecule has 5 heteroatoms. The Morgan fingerprint density at radius 3 is 2.67 bits per heavy atom. The third-order valence-corrected chi connectivity index (χ3v) is 3.02. The Bertz CT molecular complexity index is 641. The maximum atomic E-state index is 12.0. The lowest BCUT2D eigenvalue weighted by Gasteiger charge is -2.09. The van der Waals surface area contributed by atoms with Crippen LogP contribution in [0.2, 0.25) is 0 Å². The van der Waals surface area contributed by atoms with Crippen molar-refractivity contribution in [3.63, 3.8) is 0 Å². The fourth-order valence-electron chi connectivity index (χ4n) is 1.96. The Hall–Kier alpha value is -2.69. The van der Waals surface area contributed by atoms with Crippen molar-refractivity contribution in [3.05, 3.63) is 48.0 Å². The highest BCUT2D eigenvalue weighted by atomic mass is 16.5. The fourth-order valence-corrected chi connectivity index (χ4v) is 1.96. The number of rotatable bonds is 5. The highest BCUT2D eigenvalue weighted by Crippen LogP contribution is 2.25. The zero-order valence-electron chi connectivity index (χ0n) is 12.1. The van der Waals surface area contributed by atoms with Gasteiger partial charge < -0.3 is 20.5 Å². The summed E-state index contributed by atoms with van der Waals surface area (Å²) in [5, 5.41) is 2.81.